The van der Waals surface area contributed by atoms with Crippen LogP contribution < -0.4 is 9.47 Å². The van der Waals surface area contributed by atoms with Gasteiger partial charge in [0, 0.05) is 17.8 Å². The average Bonchev–Trinajstić information content (AvgIpc) is 2.73. The van der Waals surface area contributed by atoms with Crippen LogP contribution in [0.3, 0.4) is 0 Å². The quantitative estimate of drug-likeness (QED) is 0.315. The number of rotatable bonds is 7. The van der Waals surface area contributed by atoms with Crippen LogP contribution in [-0.4, -0.2) is 23.2 Å². The van der Waals surface area contributed by atoms with Gasteiger partial charge in [-0.25, -0.2) is 0 Å². The van der Waals surface area contributed by atoms with E-state index in [2.05, 4.69) is 4.99 Å². The fourth-order valence-electron chi connectivity index (χ4n) is 2.46. The molecule has 0 aliphatic carbocycles. The Hall–Kier alpha value is -4.27. The molecule has 146 valence electrons. The zero-order chi connectivity index (χ0) is 20.8. The molecule has 3 aromatic rings. The van der Waals surface area contributed by atoms with Gasteiger partial charge in [0.1, 0.15) is 11.5 Å². The van der Waals surface area contributed by atoms with Gasteiger partial charge in [0.05, 0.1) is 28.7 Å². The summed E-state index contributed by atoms with van der Waals surface area (Å²) in [6.07, 6.45) is 1.56. The van der Waals surface area contributed by atoms with E-state index in [1.54, 1.807) is 61.9 Å². The molecule has 3 rings (SSSR count). The minimum atomic E-state index is -0.726. The molecule has 0 spiro atoms. The highest BCUT2D eigenvalue weighted by molar-refractivity contribution is 5.85. The normalized spacial score (nSPS) is 10.7. The molecule has 0 amide bonds. The van der Waals surface area contributed by atoms with Crippen molar-refractivity contribution in [3.8, 4) is 17.2 Å². The van der Waals surface area contributed by atoms with Crippen molar-refractivity contribution in [3.05, 3.63) is 92.5 Å². The van der Waals surface area contributed by atoms with Crippen LogP contribution in [0.2, 0.25) is 0 Å². The Morgan fingerprint density at radius 1 is 0.897 bits per heavy atom. The Kier molecular flexibility index (Phi) is 5.79. The van der Waals surface area contributed by atoms with Crippen molar-refractivity contribution < 1.29 is 19.3 Å². The SMILES string of the molecule is COc1ccc(N=Cc2ccccc2Oc2ccc([N+](=O)[O-])cc2[N+](=O)[O-])cc1. The fraction of sp³-hybridized carbons (Fsp3) is 0.0500. The highest BCUT2D eigenvalue weighted by Crippen LogP contribution is 2.35. The molecule has 29 heavy (non-hydrogen) atoms. The standard InChI is InChI=1S/C20H15N3O6/c1-28-17-9-6-15(7-10-17)21-13-14-4-2-3-5-19(14)29-20-11-8-16(22(24)25)12-18(20)23(26)27/h2-13H,1H3. The lowest BCUT2D eigenvalue weighted by Gasteiger charge is -2.09. The third-order valence-electron chi connectivity index (χ3n) is 3.91. The molecular weight excluding hydrogens is 378 g/mol. The first-order chi connectivity index (χ1) is 14.0. The first kappa shape index (κ1) is 19.5. The van der Waals surface area contributed by atoms with Gasteiger partial charge < -0.3 is 9.47 Å². The smallest absolute Gasteiger partial charge is 0.318 e. The highest BCUT2D eigenvalue weighted by Gasteiger charge is 2.21. The van der Waals surface area contributed by atoms with Gasteiger partial charge >= 0.3 is 5.69 Å². The Morgan fingerprint density at radius 2 is 1.62 bits per heavy atom. The lowest BCUT2D eigenvalue weighted by atomic mass is 10.2. The largest absolute Gasteiger partial charge is 0.497 e. The summed E-state index contributed by atoms with van der Waals surface area (Å²) in [6.45, 7) is 0. The second-order valence-electron chi connectivity index (χ2n) is 5.76. The summed E-state index contributed by atoms with van der Waals surface area (Å²) >= 11 is 0. The number of ether oxygens (including phenoxy) is 2. The van der Waals surface area contributed by atoms with Crippen LogP contribution in [0.4, 0.5) is 17.1 Å². The summed E-state index contributed by atoms with van der Waals surface area (Å²) in [7, 11) is 1.57. The van der Waals surface area contributed by atoms with Gasteiger partial charge in [0.2, 0.25) is 5.75 Å². The van der Waals surface area contributed by atoms with Gasteiger partial charge in [0.25, 0.3) is 5.69 Å². The predicted octanol–water partition coefficient (Wildman–Crippen LogP) is 5.05. The molecule has 0 unspecified atom stereocenters. The molecule has 0 saturated heterocycles. The molecule has 0 bridgehead atoms. The lowest BCUT2D eigenvalue weighted by Crippen LogP contribution is -1.97. The number of benzene rings is 3. The van der Waals surface area contributed by atoms with Gasteiger partial charge in [-0.05, 0) is 42.5 Å². The van der Waals surface area contributed by atoms with Crippen molar-refractivity contribution in [3.63, 3.8) is 0 Å². The Labute approximate surface area is 165 Å². The highest BCUT2D eigenvalue weighted by atomic mass is 16.6. The molecule has 0 atom stereocenters. The van der Waals surface area contributed by atoms with Crippen molar-refractivity contribution in [1.29, 1.82) is 0 Å². The molecule has 9 nitrogen and oxygen atoms in total. The molecule has 0 saturated carbocycles. The zero-order valence-corrected chi connectivity index (χ0v) is 15.2. The van der Waals surface area contributed by atoms with Gasteiger partial charge in [-0.1, -0.05) is 12.1 Å². The van der Waals surface area contributed by atoms with Crippen LogP contribution >= 0.6 is 0 Å². The van der Waals surface area contributed by atoms with Crippen LogP contribution in [-0.2, 0) is 0 Å². The molecular formula is C20H15N3O6. The summed E-state index contributed by atoms with van der Waals surface area (Å²) in [4.78, 5) is 25.1. The summed E-state index contributed by atoms with van der Waals surface area (Å²) in [5, 5.41) is 22.2. The first-order valence-corrected chi connectivity index (χ1v) is 8.36. The summed E-state index contributed by atoms with van der Waals surface area (Å²) in [5.74, 6) is 0.922. The number of hydrogen-bond donors (Lipinski definition) is 0. The maximum atomic E-state index is 11.3. The van der Waals surface area contributed by atoms with Crippen molar-refractivity contribution in [1.82, 2.24) is 0 Å². The number of aliphatic imine (C=N–C) groups is 1. The molecule has 0 N–H and O–H groups in total. The number of methoxy groups -OCH3 is 1. The molecule has 9 heteroatoms. The second-order valence-corrected chi connectivity index (χ2v) is 5.76. The number of nitrogens with zero attached hydrogens (tertiary/aromatic N) is 3. The molecule has 0 aliphatic heterocycles. The van der Waals surface area contributed by atoms with Gasteiger partial charge in [-0.15, -0.1) is 0 Å². The van der Waals surface area contributed by atoms with Gasteiger partial charge in [-0.2, -0.15) is 0 Å². The molecule has 0 heterocycles. The molecule has 0 fully saturated rings. The van der Waals surface area contributed by atoms with Crippen molar-refractivity contribution in [2.24, 2.45) is 4.99 Å². The summed E-state index contributed by atoms with van der Waals surface area (Å²) in [6, 6.07) is 17.2. The number of nitro groups is 2. The minimum absolute atomic E-state index is 0.106. The number of nitro benzene ring substituents is 2. The van der Waals surface area contributed by atoms with Crippen LogP contribution in [0.5, 0.6) is 17.2 Å². The van der Waals surface area contributed by atoms with Gasteiger partial charge in [-0.3, -0.25) is 25.2 Å². The number of hydrogen-bond acceptors (Lipinski definition) is 7. The summed E-state index contributed by atoms with van der Waals surface area (Å²) in [5.41, 5.74) is 0.373. The van der Waals surface area contributed by atoms with Crippen LogP contribution in [0.15, 0.2) is 71.7 Å². The van der Waals surface area contributed by atoms with Crippen molar-refractivity contribution in [2.75, 3.05) is 7.11 Å². The monoisotopic (exact) mass is 393 g/mol. The van der Waals surface area contributed by atoms with Crippen molar-refractivity contribution in [2.45, 2.75) is 0 Å². The predicted molar refractivity (Wildman–Crippen MR) is 107 cm³/mol. The second kappa shape index (κ2) is 8.61. The number of para-hydroxylation sites is 1. The van der Waals surface area contributed by atoms with E-state index in [0.29, 0.717) is 22.7 Å². The molecule has 0 aromatic heterocycles. The minimum Gasteiger partial charge on any atom is -0.497 e. The Balaban J connectivity index is 1.90. The van der Waals surface area contributed by atoms with E-state index in [1.807, 2.05) is 0 Å². The van der Waals surface area contributed by atoms with E-state index < -0.39 is 21.2 Å². The maximum Gasteiger partial charge on any atom is 0.318 e. The molecule has 0 radical (unpaired) electrons. The van der Waals surface area contributed by atoms with E-state index in [1.165, 1.54) is 6.07 Å². The van der Waals surface area contributed by atoms with E-state index in [-0.39, 0.29) is 5.75 Å². The van der Waals surface area contributed by atoms with Crippen molar-refractivity contribution >= 4 is 23.3 Å². The molecule has 0 aliphatic rings. The van der Waals surface area contributed by atoms with E-state index in [4.69, 9.17) is 9.47 Å². The maximum absolute atomic E-state index is 11.3. The van der Waals surface area contributed by atoms with Crippen LogP contribution in [0.1, 0.15) is 5.56 Å². The fourth-order valence-corrected chi connectivity index (χ4v) is 2.46. The first-order valence-electron chi connectivity index (χ1n) is 8.36. The lowest BCUT2D eigenvalue weighted by molar-refractivity contribution is -0.394. The average molecular weight is 393 g/mol. The number of non-ortho nitro benzene ring substituents is 1. The summed E-state index contributed by atoms with van der Waals surface area (Å²) < 4.78 is 10.8. The third-order valence-corrected chi connectivity index (χ3v) is 3.91. The zero-order valence-electron chi connectivity index (χ0n) is 15.2. The third kappa shape index (κ3) is 4.72. The van der Waals surface area contributed by atoms with E-state index in [9.17, 15) is 20.2 Å². The molecule has 3 aromatic carbocycles. The van der Waals surface area contributed by atoms with Crippen LogP contribution in [0.25, 0.3) is 0 Å². The van der Waals surface area contributed by atoms with Gasteiger partial charge in [0.15, 0.2) is 0 Å². The topological polar surface area (TPSA) is 117 Å². The Morgan fingerprint density at radius 3 is 2.28 bits per heavy atom. The van der Waals surface area contributed by atoms with Crippen LogP contribution in [0, 0.1) is 20.2 Å². The van der Waals surface area contributed by atoms with E-state index in [0.717, 1.165) is 12.1 Å². The van der Waals surface area contributed by atoms with E-state index >= 15 is 0 Å². The Bertz CT molecular complexity index is 1080.